The Morgan fingerprint density at radius 3 is 2.56 bits per heavy atom. The Morgan fingerprint density at radius 1 is 1.17 bits per heavy atom. The molecule has 3 heteroatoms. The van der Waals surface area contributed by atoms with E-state index < -0.39 is 0 Å². The average Bonchev–Trinajstić information content (AvgIpc) is 2.39. The second kappa shape index (κ2) is 5.70. The molecule has 0 aliphatic rings. The van der Waals surface area contributed by atoms with Crippen molar-refractivity contribution in [3.05, 3.63) is 63.6 Å². The smallest absolute Gasteiger partial charge is 0.101 e. The maximum Gasteiger partial charge on any atom is 0.101 e. The van der Waals surface area contributed by atoms with Crippen LogP contribution in [0, 0.1) is 18.3 Å². The largest absolute Gasteiger partial charge is 0.380 e. The van der Waals surface area contributed by atoms with Crippen LogP contribution in [0.15, 0.2) is 46.9 Å². The molecule has 0 heterocycles. The van der Waals surface area contributed by atoms with Crippen molar-refractivity contribution in [2.45, 2.75) is 13.5 Å². The van der Waals surface area contributed by atoms with E-state index in [2.05, 4.69) is 58.5 Å². The van der Waals surface area contributed by atoms with E-state index in [0.717, 1.165) is 16.7 Å². The Morgan fingerprint density at radius 2 is 1.89 bits per heavy atom. The molecule has 0 saturated heterocycles. The van der Waals surface area contributed by atoms with E-state index in [1.807, 2.05) is 18.2 Å². The summed E-state index contributed by atoms with van der Waals surface area (Å²) in [4.78, 5) is 0. The first kappa shape index (κ1) is 12.7. The number of hydrogen-bond acceptors (Lipinski definition) is 2. The number of rotatable bonds is 3. The molecule has 2 aromatic rings. The number of nitrogens with zero attached hydrogens (tertiary/aromatic N) is 1. The lowest BCUT2D eigenvalue weighted by Crippen LogP contribution is -2.01. The fourth-order valence-electron chi connectivity index (χ4n) is 1.67. The first-order valence-electron chi connectivity index (χ1n) is 5.68. The molecule has 0 radical (unpaired) electrons. The zero-order valence-electron chi connectivity index (χ0n) is 10.1. The van der Waals surface area contributed by atoms with Crippen LogP contribution in [0.3, 0.4) is 0 Å². The van der Waals surface area contributed by atoms with Crippen molar-refractivity contribution in [2.75, 3.05) is 5.32 Å². The Bertz CT molecular complexity index is 582. The van der Waals surface area contributed by atoms with Gasteiger partial charge in [0.2, 0.25) is 0 Å². The summed E-state index contributed by atoms with van der Waals surface area (Å²) in [5.74, 6) is 0. The normalized spacial score (nSPS) is 9.83. The highest BCUT2D eigenvalue weighted by Gasteiger charge is 2.02. The number of anilines is 1. The van der Waals surface area contributed by atoms with E-state index in [1.165, 1.54) is 11.1 Å². The summed E-state index contributed by atoms with van der Waals surface area (Å²) in [5.41, 5.74) is 3.96. The molecular formula is C15H13BrN2. The van der Waals surface area contributed by atoms with Crippen LogP contribution >= 0.6 is 15.9 Å². The van der Waals surface area contributed by atoms with Gasteiger partial charge < -0.3 is 5.32 Å². The van der Waals surface area contributed by atoms with Gasteiger partial charge in [0.25, 0.3) is 0 Å². The van der Waals surface area contributed by atoms with Gasteiger partial charge in [-0.25, -0.2) is 0 Å². The lowest BCUT2D eigenvalue weighted by molar-refractivity contribution is 1.14. The summed E-state index contributed by atoms with van der Waals surface area (Å²) in [6.07, 6.45) is 0. The molecule has 0 aliphatic heterocycles. The number of halogens is 1. The van der Waals surface area contributed by atoms with E-state index in [9.17, 15) is 0 Å². The van der Waals surface area contributed by atoms with Crippen LogP contribution in [-0.2, 0) is 6.54 Å². The number of aryl methyl sites for hydroxylation is 1. The molecule has 0 atom stereocenters. The van der Waals surface area contributed by atoms with Gasteiger partial charge in [-0.05, 0) is 30.7 Å². The van der Waals surface area contributed by atoms with Crippen LogP contribution in [0.1, 0.15) is 16.7 Å². The third-order valence-electron chi connectivity index (χ3n) is 2.71. The van der Waals surface area contributed by atoms with Gasteiger partial charge >= 0.3 is 0 Å². The zero-order chi connectivity index (χ0) is 13.0. The molecule has 0 aromatic heterocycles. The molecule has 0 saturated carbocycles. The molecule has 0 spiro atoms. The fraction of sp³-hybridized carbons (Fsp3) is 0.133. The molecule has 90 valence electrons. The molecule has 2 nitrogen and oxygen atoms in total. The lowest BCUT2D eigenvalue weighted by atomic mass is 10.1. The van der Waals surface area contributed by atoms with E-state index in [4.69, 9.17) is 5.26 Å². The Kier molecular flexibility index (Phi) is 4.01. The maximum absolute atomic E-state index is 9.07. The summed E-state index contributed by atoms with van der Waals surface area (Å²) >= 11 is 3.36. The van der Waals surface area contributed by atoms with Gasteiger partial charge in [0.05, 0.1) is 11.3 Å². The van der Waals surface area contributed by atoms with Gasteiger partial charge in [-0.2, -0.15) is 5.26 Å². The fourth-order valence-corrected chi connectivity index (χ4v) is 2.03. The molecule has 0 bridgehead atoms. The van der Waals surface area contributed by atoms with Crippen molar-refractivity contribution in [3.8, 4) is 6.07 Å². The lowest BCUT2D eigenvalue weighted by Gasteiger charge is -2.08. The van der Waals surface area contributed by atoms with Crippen molar-refractivity contribution in [1.82, 2.24) is 0 Å². The Labute approximate surface area is 115 Å². The summed E-state index contributed by atoms with van der Waals surface area (Å²) < 4.78 is 0.917. The second-order valence-electron chi connectivity index (χ2n) is 4.14. The maximum atomic E-state index is 9.07. The Hall–Kier alpha value is -1.79. The quantitative estimate of drug-likeness (QED) is 0.920. The summed E-state index contributed by atoms with van der Waals surface area (Å²) in [5, 5.41) is 12.3. The van der Waals surface area contributed by atoms with Crippen LogP contribution in [0.2, 0.25) is 0 Å². The monoisotopic (exact) mass is 300 g/mol. The van der Waals surface area contributed by atoms with Gasteiger partial charge in [0.15, 0.2) is 0 Å². The minimum Gasteiger partial charge on any atom is -0.380 e. The summed E-state index contributed by atoms with van der Waals surface area (Å²) in [7, 11) is 0. The topological polar surface area (TPSA) is 35.8 Å². The number of benzene rings is 2. The van der Waals surface area contributed by atoms with Crippen LogP contribution in [-0.4, -0.2) is 0 Å². The molecule has 2 aromatic carbocycles. The summed E-state index contributed by atoms with van der Waals surface area (Å²) in [6.45, 7) is 2.79. The predicted molar refractivity (Wildman–Crippen MR) is 77.4 cm³/mol. The van der Waals surface area contributed by atoms with E-state index in [-0.39, 0.29) is 0 Å². The molecule has 2 rings (SSSR count). The number of nitrogens with one attached hydrogen (secondary N) is 1. The van der Waals surface area contributed by atoms with Crippen LogP contribution in [0.5, 0.6) is 0 Å². The van der Waals surface area contributed by atoms with Crippen molar-refractivity contribution in [2.24, 2.45) is 0 Å². The second-order valence-corrected chi connectivity index (χ2v) is 5.06. The van der Waals surface area contributed by atoms with Gasteiger partial charge in [0.1, 0.15) is 6.07 Å². The zero-order valence-corrected chi connectivity index (χ0v) is 11.7. The van der Waals surface area contributed by atoms with Crippen LogP contribution < -0.4 is 5.32 Å². The van der Waals surface area contributed by atoms with Crippen molar-refractivity contribution in [1.29, 1.82) is 5.26 Å². The first-order chi connectivity index (χ1) is 8.69. The molecule has 0 fully saturated rings. The van der Waals surface area contributed by atoms with E-state index >= 15 is 0 Å². The van der Waals surface area contributed by atoms with Crippen molar-refractivity contribution in [3.63, 3.8) is 0 Å². The minimum atomic E-state index is 0.650. The van der Waals surface area contributed by atoms with E-state index in [0.29, 0.717) is 5.56 Å². The van der Waals surface area contributed by atoms with Crippen molar-refractivity contribution >= 4 is 21.6 Å². The number of hydrogen-bond donors (Lipinski definition) is 1. The first-order valence-corrected chi connectivity index (χ1v) is 6.47. The van der Waals surface area contributed by atoms with Gasteiger partial charge in [-0.1, -0.05) is 45.8 Å². The molecule has 1 N–H and O–H groups in total. The van der Waals surface area contributed by atoms with E-state index in [1.54, 1.807) is 0 Å². The summed E-state index contributed by atoms with van der Waals surface area (Å²) in [6, 6.07) is 16.2. The van der Waals surface area contributed by atoms with Crippen LogP contribution in [0.25, 0.3) is 0 Å². The highest BCUT2D eigenvalue weighted by Crippen LogP contribution is 2.20. The molecule has 0 aliphatic carbocycles. The third-order valence-corrected chi connectivity index (χ3v) is 3.20. The highest BCUT2D eigenvalue weighted by molar-refractivity contribution is 9.10. The predicted octanol–water partition coefficient (Wildman–Crippen LogP) is 4.24. The number of nitriles is 1. The third kappa shape index (κ3) is 3.12. The highest BCUT2D eigenvalue weighted by atomic mass is 79.9. The average molecular weight is 301 g/mol. The molecular weight excluding hydrogens is 288 g/mol. The van der Waals surface area contributed by atoms with Crippen LogP contribution in [0.4, 0.5) is 5.69 Å². The van der Waals surface area contributed by atoms with Gasteiger partial charge in [-0.3, -0.25) is 0 Å². The Balaban J connectivity index is 2.11. The standard InChI is InChI=1S/C15H13BrN2/c1-11-2-4-12(5-3-11)10-18-15-7-6-14(16)8-13(15)9-17/h2-8,18H,10H2,1H3. The molecule has 0 amide bonds. The minimum absolute atomic E-state index is 0.650. The van der Waals surface area contributed by atoms with Gasteiger partial charge in [0, 0.05) is 11.0 Å². The van der Waals surface area contributed by atoms with Crippen molar-refractivity contribution < 1.29 is 0 Å². The van der Waals surface area contributed by atoms with Gasteiger partial charge in [-0.15, -0.1) is 0 Å². The molecule has 0 unspecified atom stereocenters. The molecule has 18 heavy (non-hydrogen) atoms. The SMILES string of the molecule is Cc1ccc(CNc2ccc(Br)cc2C#N)cc1.